The van der Waals surface area contributed by atoms with E-state index >= 15 is 0 Å². The van der Waals surface area contributed by atoms with Gasteiger partial charge < -0.3 is 9.64 Å². The molecule has 1 aromatic carbocycles. The SMILES string of the molecule is CC1CN(C(=O)CCCN(C)S(=O)(=O)c2ccc(F)cc2)CCO1. The van der Waals surface area contributed by atoms with Crippen LogP contribution in [-0.4, -0.2) is 62.9 Å². The molecule has 1 unspecified atom stereocenters. The lowest BCUT2D eigenvalue weighted by Gasteiger charge is -2.31. The third-order valence-corrected chi connectivity index (χ3v) is 5.85. The van der Waals surface area contributed by atoms with Crippen molar-refractivity contribution in [3.8, 4) is 0 Å². The lowest BCUT2D eigenvalue weighted by Crippen LogP contribution is -2.44. The summed E-state index contributed by atoms with van der Waals surface area (Å²) in [4.78, 5) is 13.9. The molecule has 1 fully saturated rings. The van der Waals surface area contributed by atoms with Gasteiger partial charge in [0.15, 0.2) is 0 Å². The average Bonchev–Trinajstić information content (AvgIpc) is 2.55. The van der Waals surface area contributed by atoms with Crippen LogP contribution in [0.25, 0.3) is 0 Å². The Morgan fingerprint density at radius 1 is 1.38 bits per heavy atom. The number of carbonyl (C=O) groups is 1. The summed E-state index contributed by atoms with van der Waals surface area (Å²) in [5.41, 5.74) is 0. The summed E-state index contributed by atoms with van der Waals surface area (Å²) in [6, 6.07) is 4.70. The summed E-state index contributed by atoms with van der Waals surface area (Å²) >= 11 is 0. The predicted molar refractivity (Wildman–Crippen MR) is 87.4 cm³/mol. The summed E-state index contributed by atoms with van der Waals surface area (Å²) in [6.07, 6.45) is 0.751. The topological polar surface area (TPSA) is 66.9 Å². The van der Waals surface area contributed by atoms with E-state index in [0.717, 1.165) is 12.1 Å². The molecule has 1 heterocycles. The molecule has 6 nitrogen and oxygen atoms in total. The van der Waals surface area contributed by atoms with Crippen LogP contribution >= 0.6 is 0 Å². The maximum atomic E-state index is 12.9. The zero-order valence-corrected chi connectivity index (χ0v) is 14.8. The highest BCUT2D eigenvalue weighted by Crippen LogP contribution is 2.15. The molecule has 24 heavy (non-hydrogen) atoms. The maximum Gasteiger partial charge on any atom is 0.242 e. The van der Waals surface area contributed by atoms with Gasteiger partial charge in [-0.3, -0.25) is 4.79 Å². The summed E-state index contributed by atoms with van der Waals surface area (Å²) in [5.74, 6) is -0.473. The van der Waals surface area contributed by atoms with Crippen LogP contribution in [0.2, 0.25) is 0 Å². The summed E-state index contributed by atoms with van der Waals surface area (Å²) in [7, 11) is -2.21. The van der Waals surface area contributed by atoms with Gasteiger partial charge >= 0.3 is 0 Å². The Morgan fingerprint density at radius 3 is 2.67 bits per heavy atom. The van der Waals surface area contributed by atoms with E-state index in [1.807, 2.05) is 6.92 Å². The number of nitrogens with zero attached hydrogens (tertiary/aromatic N) is 2. The average molecular weight is 358 g/mol. The Hall–Kier alpha value is -1.51. The van der Waals surface area contributed by atoms with Crippen LogP contribution in [0.5, 0.6) is 0 Å². The largest absolute Gasteiger partial charge is 0.375 e. The van der Waals surface area contributed by atoms with E-state index in [9.17, 15) is 17.6 Å². The van der Waals surface area contributed by atoms with E-state index < -0.39 is 15.8 Å². The number of amides is 1. The first-order chi connectivity index (χ1) is 11.3. The van der Waals surface area contributed by atoms with Crippen molar-refractivity contribution in [1.82, 2.24) is 9.21 Å². The van der Waals surface area contributed by atoms with Crippen LogP contribution in [0.1, 0.15) is 19.8 Å². The van der Waals surface area contributed by atoms with Crippen molar-refractivity contribution >= 4 is 15.9 Å². The van der Waals surface area contributed by atoms with Crippen LogP contribution in [0, 0.1) is 5.82 Å². The Labute approximate surface area is 142 Å². The second-order valence-electron chi connectivity index (χ2n) is 5.91. The Morgan fingerprint density at radius 2 is 2.04 bits per heavy atom. The smallest absolute Gasteiger partial charge is 0.242 e. The van der Waals surface area contributed by atoms with Crippen LogP contribution in [0.4, 0.5) is 4.39 Å². The first kappa shape index (κ1) is 18.8. The molecule has 1 atom stereocenters. The number of rotatable bonds is 6. The number of ether oxygens (including phenoxy) is 1. The number of sulfonamides is 1. The van der Waals surface area contributed by atoms with Gasteiger partial charge in [-0.25, -0.2) is 17.1 Å². The minimum Gasteiger partial charge on any atom is -0.375 e. The molecule has 8 heteroatoms. The molecule has 0 N–H and O–H groups in total. The van der Waals surface area contributed by atoms with Crippen LogP contribution in [0.15, 0.2) is 29.2 Å². The zero-order valence-electron chi connectivity index (χ0n) is 13.9. The molecule has 1 amide bonds. The minimum atomic E-state index is -3.67. The van der Waals surface area contributed by atoms with Crippen molar-refractivity contribution in [1.29, 1.82) is 0 Å². The Bertz CT molecular complexity index is 663. The molecular formula is C16H23FN2O4S. The van der Waals surface area contributed by atoms with Gasteiger partial charge in [0.25, 0.3) is 0 Å². The molecular weight excluding hydrogens is 335 g/mol. The molecule has 0 saturated carbocycles. The number of halogens is 1. The zero-order chi connectivity index (χ0) is 17.7. The molecule has 1 aliphatic heterocycles. The van der Waals surface area contributed by atoms with Gasteiger partial charge in [-0.15, -0.1) is 0 Å². The number of hydrogen-bond donors (Lipinski definition) is 0. The van der Waals surface area contributed by atoms with Gasteiger partial charge in [-0.2, -0.15) is 0 Å². The molecule has 134 valence electrons. The molecule has 0 aliphatic carbocycles. The van der Waals surface area contributed by atoms with Gasteiger partial charge in [0.2, 0.25) is 15.9 Å². The molecule has 0 spiro atoms. The van der Waals surface area contributed by atoms with Crippen molar-refractivity contribution in [3.63, 3.8) is 0 Å². The van der Waals surface area contributed by atoms with Crippen molar-refractivity contribution in [3.05, 3.63) is 30.1 Å². The maximum absolute atomic E-state index is 12.9. The minimum absolute atomic E-state index is 0.0118. The number of benzene rings is 1. The second kappa shape index (κ2) is 8.04. The molecule has 1 aliphatic rings. The summed E-state index contributed by atoms with van der Waals surface area (Å²) < 4.78 is 44.2. The monoisotopic (exact) mass is 358 g/mol. The van der Waals surface area contributed by atoms with E-state index in [0.29, 0.717) is 26.1 Å². The van der Waals surface area contributed by atoms with Gasteiger partial charge in [0, 0.05) is 33.1 Å². The lowest BCUT2D eigenvalue weighted by molar-refractivity contribution is -0.138. The Balaban J connectivity index is 1.85. The number of hydrogen-bond acceptors (Lipinski definition) is 4. The molecule has 1 saturated heterocycles. The van der Waals surface area contributed by atoms with Gasteiger partial charge in [0.1, 0.15) is 5.82 Å². The van der Waals surface area contributed by atoms with Gasteiger partial charge in [-0.05, 0) is 37.6 Å². The number of carbonyl (C=O) groups excluding carboxylic acids is 1. The number of morpholine rings is 1. The second-order valence-corrected chi connectivity index (χ2v) is 7.95. The highest BCUT2D eigenvalue weighted by Gasteiger charge is 2.23. The lowest BCUT2D eigenvalue weighted by atomic mass is 10.2. The van der Waals surface area contributed by atoms with Crippen LogP contribution in [0.3, 0.4) is 0 Å². The highest BCUT2D eigenvalue weighted by atomic mass is 32.2. The highest BCUT2D eigenvalue weighted by molar-refractivity contribution is 7.89. The molecule has 0 radical (unpaired) electrons. The molecule has 0 bridgehead atoms. The van der Waals surface area contributed by atoms with Gasteiger partial charge in [-0.1, -0.05) is 0 Å². The van der Waals surface area contributed by atoms with Crippen molar-refractivity contribution in [2.45, 2.75) is 30.8 Å². The Kier molecular flexibility index (Phi) is 6.31. The van der Waals surface area contributed by atoms with E-state index in [1.165, 1.54) is 23.5 Å². The fraction of sp³-hybridized carbons (Fsp3) is 0.562. The standard InChI is InChI=1S/C16H23FN2O4S/c1-13-12-19(10-11-23-13)16(20)4-3-9-18(2)24(21,22)15-7-5-14(17)6-8-15/h5-8,13H,3-4,9-12H2,1-2H3. The fourth-order valence-corrected chi connectivity index (χ4v) is 3.77. The van der Waals surface area contributed by atoms with Gasteiger partial charge in [0.05, 0.1) is 17.6 Å². The normalized spacial score (nSPS) is 18.8. The van der Waals surface area contributed by atoms with Crippen molar-refractivity contribution < 1.29 is 22.3 Å². The van der Waals surface area contributed by atoms with Crippen molar-refractivity contribution in [2.24, 2.45) is 0 Å². The van der Waals surface area contributed by atoms with E-state index in [-0.39, 0.29) is 29.9 Å². The van der Waals surface area contributed by atoms with E-state index in [4.69, 9.17) is 4.74 Å². The summed E-state index contributed by atoms with van der Waals surface area (Å²) in [6.45, 7) is 3.83. The molecule has 2 rings (SSSR count). The third-order valence-electron chi connectivity index (χ3n) is 3.98. The predicted octanol–water partition coefficient (Wildman–Crippen LogP) is 1.47. The van der Waals surface area contributed by atoms with Crippen LogP contribution in [-0.2, 0) is 19.6 Å². The quantitative estimate of drug-likeness (QED) is 0.772. The van der Waals surface area contributed by atoms with Crippen molar-refractivity contribution in [2.75, 3.05) is 33.3 Å². The molecule has 1 aromatic rings. The van der Waals surface area contributed by atoms with Crippen LogP contribution < -0.4 is 0 Å². The fourth-order valence-electron chi connectivity index (χ4n) is 2.56. The van der Waals surface area contributed by atoms with E-state index in [2.05, 4.69) is 0 Å². The first-order valence-corrected chi connectivity index (χ1v) is 9.36. The van der Waals surface area contributed by atoms with E-state index in [1.54, 1.807) is 4.90 Å². The first-order valence-electron chi connectivity index (χ1n) is 7.92. The summed E-state index contributed by atoms with van der Waals surface area (Å²) in [5, 5.41) is 0. The third kappa shape index (κ3) is 4.75. The molecule has 0 aromatic heterocycles.